The highest BCUT2D eigenvalue weighted by atomic mass is 32.1. The second-order valence-corrected chi connectivity index (χ2v) is 7.54. The van der Waals surface area contributed by atoms with Gasteiger partial charge in [-0.15, -0.1) is 11.3 Å². The third-order valence-corrected chi connectivity index (χ3v) is 5.34. The van der Waals surface area contributed by atoms with E-state index in [0.717, 1.165) is 27.4 Å². The second-order valence-electron chi connectivity index (χ2n) is 5.90. The highest BCUT2D eigenvalue weighted by Gasteiger charge is 2.24. The van der Waals surface area contributed by atoms with Crippen molar-refractivity contribution in [3.8, 4) is 16.9 Å². The molecule has 0 amide bonds. The van der Waals surface area contributed by atoms with Crippen molar-refractivity contribution in [1.82, 2.24) is 0 Å². The average molecular weight is 413 g/mol. The number of ether oxygens (including phenoxy) is 2. The maximum atomic E-state index is 12.5. The molecule has 0 saturated heterocycles. The predicted molar refractivity (Wildman–Crippen MR) is 119 cm³/mol. The van der Waals surface area contributed by atoms with Crippen LogP contribution in [0.2, 0.25) is 0 Å². The number of hydrogen-bond donors (Lipinski definition) is 2. The average Bonchev–Trinajstić information content (AvgIpc) is 3.04. The molecule has 0 bridgehead atoms. The normalized spacial score (nSPS) is 10.2. The summed E-state index contributed by atoms with van der Waals surface area (Å²) in [5.41, 5.74) is 3.11. The van der Waals surface area contributed by atoms with Gasteiger partial charge in [-0.1, -0.05) is 30.3 Å². The lowest BCUT2D eigenvalue weighted by atomic mass is 10.0. The maximum absolute atomic E-state index is 12.5. The van der Waals surface area contributed by atoms with Crippen LogP contribution in [0.5, 0.6) is 5.75 Å². The van der Waals surface area contributed by atoms with E-state index in [1.807, 2.05) is 61.5 Å². The fraction of sp³-hybridized carbons (Fsp3) is 0.143. The van der Waals surface area contributed by atoms with Crippen molar-refractivity contribution in [2.45, 2.75) is 6.92 Å². The molecular weight excluding hydrogens is 392 g/mol. The third kappa shape index (κ3) is 4.32. The van der Waals surface area contributed by atoms with Crippen LogP contribution in [-0.4, -0.2) is 25.3 Å². The Bertz CT molecular complexity index is 983. The number of rotatable bonds is 5. The van der Waals surface area contributed by atoms with Crippen molar-refractivity contribution < 1.29 is 14.3 Å². The number of methoxy groups -OCH3 is 2. The van der Waals surface area contributed by atoms with Crippen LogP contribution in [0.3, 0.4) is 0 Å². The van der Waals surface area contributed by atoms with Gasteiger partial charge in [-0.2, -0.15) is 0 Å². The summed E-state index contributed by atoms with van der Waals surface area (Å²) in [6.07, 6.45) is 0. The molecule has 0 aliphatic rings. The molecule has 5 nitrogen and oxygen atoms in total. The summed E-state index contributed by atoms with van der Waals surface area (Å²) in [5, 5.41) is 7.29. The van der Waals surface area contributed by atoms with E-state index >= 15 is 0 Å². The van der Waals surface area contributed by atoms with Crippen LogP contribution in [-0.2, 0) is 4.74 Å². The van der Waals surface area contributed by atoms with Gasteiger partial charge >= 0.3 is 5.97 Å². The predicted octanol–water partition coefficient (Wildman–Crippen LogP) is 5.33. The summed E-state index contributed by atoms with van der Waals surface area (Å²) >= 11 is 6.90. The molecule has 0 aliphatic heterocycles. The van der Waals surface area contributed by atoms with Gasteiger partial charge in [0.15, 0.2) is 5.11 Å². The van der Waals surface area contributed by atoms with Crippen LogP contribution in [0.25, 0.3) is 11.1 Å². The molecule has 0 atom stereocenters. The lowest BCUT2D eigenvalue weighted by Crippen LogP contribution is -2.20. The van der Waals surface area contributed by atoms with E-state index in [2.05, 4.69) is 10.6 Å². The molecule has 2 aromatic carbocycles. The Hall–Kier alpha value is -2.90. The van der Waals surface area contributed by atoms with Gasteiger partial charge < -0.3 is 20.1 Å². The first-order valence-corrected chi connectivity index (χ1v) is 9.75. The quantitative estimate of drug-likeness (QED) is 0.436. The number of esters is 1. The molecule has 0 saturated carbocycles. The first-order valence-electron chi connectivity index (χ1n) is 8.52. The second kappa shape index (κ2) is 8.86. The molecule has 144 valence electrons. The minimum atomic E-state index is -0.405. The first kappa shape index (κ1) is 19.9. The Labute approximate surface area is 173 Å². The summed E-state index contributed by atoms with van der Waals surface area (Å²) in [4.78, 5) is 13.5. The van der Waals surface area contributed by atoms with Crippen LogP contribution in [0, 0.1) is 6.92 Å². The molecule has 0 unspecified atom stereocenters. The Morgan fingerprint density at radius 1 is 1.00 bits per heavy atom. The van der Waals surface area contributed by atoms with Gasteiger partial charge in [0.25, 0.3) is 0 Å². The van der Waals surface area contributed by atoms with Gasteiger partial charge in [0.2, 0.25) is 0 Å². The van der Waals surface area contributed by atoms with Crippen LogP contribution < -0.4 is 15.4 Å². The van der Waals surface area contributed by atoms with E-state index in [1.165, 1.54) is 18.4 Å². The number of thiocarbonyl (C=S) groups is 1. The monoisotopic (exact) mass is 412 g/mol. The molecule has 7 heteroatoms. The van der Waals surface area contributed by atoms with E-state index in [4.69, 9.17) is 21.7 Å². The fourth-order valence-electron chi connectivity index (χ4n) is 2.82. The SMILES string of the molecule is COC(=O)c1c(NC(=S)Nc2ccc(OC)cc2)sc(C)c1-c1ccccc1. The maximum Gasteiger partial charge on any atom is 0.341 e. The van der Waals surface area contributed by atoms with Gasteiger partial charge in [-0.3, -0.25) is 0 Å². The fourth-order valence-corrected chi connectivity index (χ4v) is 4.18. The zero-order valence-corrected chi connectivity index (χ0v) is 17.4. The van der Waals surface area contributed by atoms with Crippen LogP contribution in [0.1, 0.15) is 15.2 Å². The number of benzene rings is 2. The molecule has 1 heterocycles. The molecule has 2 N–H and O–H groups in total. The molecule has 1 aromatic heterocycles. The van der Waals surface area contributed by atoms with Crippen molar-refractivity contribution in [1.29, 1.82) is 0 Å². The van der Waals surface area contributed by atoms with Gasteiger partial charge in [-0.25, -0.2) is 4.79 Å². The van der Waals surface area contributed by atoms with Crippen molar-refractivity contribution in [3.63, 3.8) is 0 Å². The number of carbonyl (C=O) groups is 1. The molecule has 0 aliphatic carbocycles. The Kier molecular flexibility index (Phi) is 6.28. The summed E-state index contributed by atoms with van der Waals surface area (Å²) in [6, 6.07) is 17.2. The molecule has 3 aromatic rings. The van der Waals surface area contributed by atoms with Crippen molar-refractivity contribution in [2.24, 2.45) is 0 Å². The molecule has 0 radical (unpaired) electrons. The standard InChI is InChI=1S/C21H20N2O3S2/c1-13-17(14-7-5-4-6-8-14)18(20(24)26-3)19(28-13)23-21(27)22-15-9-11-16(25-2)12-10-15/h4-12H,1-3H3,(H2,22,23,27). The summed E-state index contributed by atoms with van der Waals surface area (Å²) in [5.74, 6) is 0.358. The number of nitrogens with one attached hydrogen (secondary N) is 2. The van der Waals surface area contributed by atoms with Gasteiger partial charge in [0.1, 0.15) is 16.3 Å². The topological polar surface area (TPSA) is 59.6 Å². The lowest BCUT2D eigenvalue weighted by molar-refractivity contribution is 0.0603. The number of hydrogen-bond acceptors (Lipinski definition) is 5. The van der Waals surface area contributed by atoms with Gasteiger partial charge in [-0.05, 0) is 49.0 Å². The van der Waals surface area contributed by atoms with Crippen LogP contribution in [0.15, 0.2) is 54.6 Å². The number of aryl methyl sites for hydroxylation is 1. The Morgan fingerprint density at radius 3 is 2.29 bits per heavy atom. The van der Waals surface area contributed by atoms with E-state index < -0.39 is 5.97 Å². The minimum Gasteiger partial charge on any atom is -0.497 e. The van der Waals surface area contributed by atoms with E-state index in [9.17, 15) is 4.79 Å². The third-order valence-electron chi connectivity index (χ3n) is 4.11. The summed E-state index contributed by atoms with van der Waals surface area (Å²) in [6.45, 7) is 1.98. The minimum absolute atomic E-state index is 0.385. The highest BCUT2D eigenvalue weighted by Crippen LogP contribution is 2.40. The number of carbonyl (C=O) groups excluding carboxylic acids is 1. The highest BCUT2D eigenvalue weighted by molar-refractivity contribution is 7.80. The van der Waals surface area contributed by atoms with Crippen LogP contribution in [0.4, 0.5) is 10.7 Å². The van der Waals surface area contributed by atoms with Gasteiger partial charge in [0.05, 0.1) is 14.2 Å². The molecule has 28 heavy (non-hydrogen) atoms. The Morgan fingerprint density at radius 2 is 1.68 bits per heavy atom. The van der Waals surface area contributed by atoms with Gasteiger partial charge in [0, 0.05) is 16.1 Å². The number of thiophene rings is 1. The first-order chi connectivity index (χ1) is 13.5. The molecule has 0 spiro atoms. The lowest BCUT2D eigenvalue weighted by Gasteiger charge is -2.11. The van der Waals surface area contributed by atoms with E-state index in [-0.39, 0.29) is 0 Å². The van der Waals surface area contributed by atoms with Crippen LogP contribution >= 0.6 is 23.6 Å². The summed E-state index contributed by atoms with van der Waals surface area (Å²) < 4.78 is 10.2. The largest absolute Gasteiger partial charge is 0.497 e. The zero-order valence-electron chi connectivity index (χ0n) is 15.7. The Balaban J connectivity index is 1.88. The number of anilines is 2. The van der Waals surface area contributed by atoms with Crippen molar-refractivity contribution >= 4 is 45.3 Å². The van der Waals surface area contributed by atoms with Crippen molar-refractivity contribution in [3.05, 3.63) is 65.0 Å². The van der Waals surface area contributed by atoms with E-state index in [0.29, 0.717) is 15.7 Å². The summed E-state index contributed by atoms with van der Waals surface area (Å²) in [7, 11) is 2.99. The molecule has 3 rings (SSSR count). The zero-order chi connectivity index (χ0) is 20.1. The van der Waals surface area contributed by atoms with Crippen molar-refractivity contribution in [2.75, 3.05) is 24.9 Å². The molecular formula is C21H20N2O3S2. The molecule has 0 fully saturated rings. The smallest absolute Gasteiger partial charge is 0.341 e. The van der Waals surface area contributed by atoms with E-state index in [1.54, 1.807) is 7.11 Å².